The molecule has 6 heteroatoms. The molecule has 0 aliphatic rings. The van der Waals surface area contributed by atoms with Gasteiger partial charge < -0.3 is 10.6 Å². The van der Waals surface area contributed by atoms with Crippen molar-refractivity contribution in [3.05, 3.63) is 12.2 Å². The second kappa shape index (κ2) is 7.81. The van der Waals surface area contributed by atoms with E-state index in [-0.39, 0.29) is 11.9 Å². The van der Waals surface area contributed by atoms with Crippen LogP contribution in [-0.2, 0) is 18.3 Å². The molecule has 1 atom stereocenters. The van der Waals surface area contributed by atoms with Crippen molar-refractivity contribution in [3.63, 3.8) is 0 Å². The molecule has 0 aliphatic heterocycles. The molecule has 0 radical (unpaired) electrons. The standard InChI is InChI=1S/C12H23N5O/c1-4-5-7-14-12(18)10(2)13-8-6-11-15-9-17(3)16-11/h9-10,13H,4-8H2,1-3H3,(H,14,18). The average Bonchev–Trinajstić information content (AvgIpc) is 2.75. The van der Waals surface area contributed by atoms with E-state index < -0.39 is 0 Å². The van der Waals surface area contributed by atoms with Crippen LogP contribution in [0.1, 0.15) is 32.5 Å². The van der Waals surface area contributed by atoms with Gasteiger partial charge in [-0.25, -0.2) is 4.98 Å². The highest BCUT2D eigenvalue weighted by atomic mass is 16.2. The summed E-state index contributed by atoms with van der Waals surface area (Å²) in [6.07, 6.45) is 4.52. The first-order chi connectivity index (χ1) is 8.63. The number of carbonyl (C=O) groups excluding carboxylic acids is 1. The lowest BCUT2D eigenvalue weighted by molar-refractivity contribution is -0.122. The summed E-state index contributed by atoms with van der Waals surface area (Å²) >= 11 is 0. The average molecular weight is 253 g/mol. The lowest BCUT2D eigenvalue weighted by atomic mass is 10.2. The summed E-state index contributed by atoms with van der Waals surface area (Å²) in [5, 5.41) is 10.2. The van der Waals surface area contributed by atoms with Crippen LogP contribution >= 0.6 is 0 Å². The molecule has 0 spiro atoms. The Hall–Kier alpha value is -1.43. The van der Waals surface area contributed by atoms with Crippen molar-refractivity contribution in [2.75, 3.05) is 13.1 Å². The number of hydrogen-bond acceptors (Lipinski definition) is 4. The lowest BCUT2D eigenvalue weighted by Gasteiger charge is -2.13. The predicted molar refractivity (Wildman–Crippen MR) is 70.1 cm³/mol. The van der Waals surface area contributed by atoms with Gasteiger partial charge in [-0.1, -0.05) is 13.3 Å². The Morgan fingerprint density at radius 2 is 2.28 bits per heavy atom. The largest absolute Gasteiger partial charge is 0.355 e. The molecule has 1 aromatic rings. The maximum Gasteiger partial charge on any atom is 0.236 e. The lowest BCUT2D eigenvalue weighted by Crippen LogP contribution is -2.43. The van der Waals surface area contributed by atoms with E-state index in [1.807, 2.05) is 14.0 Å². The van der Waals surface area contributed by atoms with Crippen molar-refractivity contribution in [3.8, 4) is 0 Å². The first kappa shape index (κ1) is 14.6. The van der Waals surface area contributed by atoms with Crippen molar-refractivity contribution >= 4 is 5.91 Å². The number of hydrogen-bond donors (Lipinski definition) is 2. The molecule has 0 bridgehead atoms. The summed E-state index contributed by atoms with van der Waals surface area (Å²) in [6, 6.07) is -0.175. The van der Waals surface area contributed by atoms with Gasteiger partial charge in [0.05, 0.1) is 6.04 Å². The number of aromatic nitrogens is 3. The van der Waals surface area contributed by atoms with Crippen LogP contribution in [0.5, 0.6) is 0 Å². The van der Waals surface area contributed by atoms with E-state index in [4.69, 9.17) is 0 Å². The maximum atomic E-state index is 11.7. The van der Waals surface area contributed by atoms with Gasteiger partial charge in [-0.15, -0.1) is 0 Å². The SMILES string of the molecule is CCCCNC(=O)C(C)NCCc1ncn(C)n1. The number of aryl methyl sites for hydroxylation is 1. The fourth-order valence-corrected chi connectivity index (χ4v) is 1.53. The van der Waals surface area contributed by atoms with E-state index in [2.05, 4.69) is 27.6 Å². The molecule has 0 saturated carbocycles. The molecule has 1 unspecified atom stereocenters. The molecule has 1 aromatic heterocycles. The van der Waals surface area contributed by atoms with Crippen molar-refractivity contribution < 1.29 is 4.79 Å². The molecule has 1 amide bonds. The number of rotatable bonds is 8. The Bertz CT molecular complexity index is 363. The van der Waals surface area contributed by atoms with E-state index in [0.717, 1.165) is 31.6 Å². The summed E-state index contributed by atoms with van der Waals surface area (Å²) in [7, 11) is 1.84. The van der Waals surface area contributed by atoms with Gasteiger partial charge in [0.15, 0.2) is 5.82 Å². The van der Waals surface area contributed by atoms with Crippen LogP contribution in [-0.4, -0.2) is 39.8 Å². The third-order valence-corrected chi connectivity index (χ3v) is 2.67. The molecule has 1 rings (SSSR count). The van der Waals surface area contributed by atoms with Crippen LogP contribution < -0.4 is 10.6 Å². The van der Waals surface area contributed by atoms with Crippen LogP contribution in [0.4, 0.5) is 0 Å². The molecule has 2 N–H and O–H groups in total. The summed E-state index contributed by atoms with van der Waals surface area (Å²) in [6.45, 7) is 5.43. The molecule has 18 heavy (non-hydrogen) atoms. The van der Waals surface area contributed by atoms with Gasteiger partial charge in [-0.3, -0.25) is 9.48 Å². The second-order valence-corrected chi connectivity index (χ2v) is 4.40. The Morgan fingerprint density at radius 3 is 2.89 bits per heavy atom. The number of nitrogens with zero attached hydrogens (tertiary/aromatic N) is 3. The van der Waals surface area contributed by atoms with Crippen molar-refractivity contribution in [2.45, 2.75) is 39.2 Å². The van der Waals surface area contributed by atoms with Crippen LogP contribution in [0.25, 0.3) is 0 Å². The van der Waals surface area contributed by atoms with E-state index in [0.29, 0.717) is 6.54 Å². The topological polar surface area (TPSA) is 71.8 Å². The van der Waals surface area contributed by atoms with Gasteiger partial charge in [0, 0.05) is 26.6 Å². The van der Waals surface area contributed by atoms with Gasteiger partial charge in [-0.05, 0) is 13.3 Å². The smallest absolute Gasteiger partial charge is 0.236 e. The highest BCUT2D eigenvalue weighted by Crippen LogP contribution is 1.90. The number of unbranched alkanes of at least 4 members (excludes halogenated alkanes) is 1. The molecular weight excluding hydrogens is 230 g/mol. The highest BCUT2D eigenvalue weighted by Gasteiger charge is 2.11. The Labute approximate surface area is 108 Å². The van der Waals surface area contributed by atoms with E-state index in [1.54, 1.807) is 11.0 Å². The third kappa shape index (κ3) is 5.27. The third-order valence-electron chi connectivity index (χ3n) is 2.67. The van der Waals surface area contributed by atoms with E-state index >= 15 is 0 Å². The summed E-state index contributed by atoms with van der Waals surface area (Å²) < 4.78 is 1.68. The van der Waals surface area contributed by atoms with Gasteiger partial charge in [0.2, 0.25) is 5.91 Å². The molecule has 0 aliphatic carbocycles. The molecule has 0 fully saturated rings. The first-order valence-corrected chi connectivity index (χ1v) is 6.49. The van der Waals surface area contributed by atoms with Crippen LogP contribution in [0, 0.1) is 0 Å². The number of nitrogens with one attached hydrogen (secondary N) is 2. The minimum Gasteiger partial charge on any atom is -0.355 e. The zero-order chi connectivity index (χ0) is 13.4. The fraction of sp³-hybridized carbons (Fsp3) is 0.750. The fourth-order valence-electron chi connectivity index (χ4n) is 1.53. The van der Waals surface area contributed by atoms with Crippen molar-refractivity contribution in [1.82, 2.24) is 25.4 Å². The van der Waals surface area contributed by atoms with Gasteiger partial charge in [0.1, 0.15) is 6.33 Å². The maximum absolute atomic E-state index is 11.7. The number of carbonyl (C=O) groups is 1. The normalized spacial score (nSPS) is 12.4. The molecule has 0 aromatic carbocycles. The highest BCUT2D eigenvalue weighted by molar-refractivity contribution is 5.81. The quantitative estimate of drug-likeness (QED) is 0.652. The molecule has 1 heterocycles. The van der Waals surface area contributed by atoms with Crippen LogP contribution in [0.15, 0.2) is 6.33 Å². The Kier molecular flexibility index (Phi) is 6.35. The molecular formula is C12H23N5O. The van der Waals surface area contributed by atoms with Crippen molar-refractivity contribution in [2.24, 2.45) is 7.05 Å². The summed E-state index contributed by atoms with van der Waals surface area (Å²) in [4.78, 5) is 15.8. The van der Waals surface area contributed by atoms with E-state index in [1.165, 1.54) is 0 Å². The van der Waals surface area contributed by atoms with E-state index in [9.17, 15) is 4.79 Å². The molecule has 6 nitrogen and oxygen atoms in total. The van der Waals surface area contributed by atoms with Crippen molar-refractivity contribution in [1.29, 1.82) is 0 Å². The predicted octanol–water partition coefficient (Wildman–Crippen LogP) is 0.252. The zero-order valence-corrected chi connectivity index (χ0v) is 11.4. The van der Waals surface area contributed by atoms with Gasteiger partial charge in [-0.2, -0.15) is 5.10 Å². The van der Waals surface area contributed by atoms with Gasteiger partial charge in [0.25, 0.3) is 0 Å². The van der Waals surface area contributed by atoms with Crippen LogP contribution in [0.3, 0.4) is 0 Å². The second-order valence-electron chi connectivity index (χ2n) is 4.40. The summed E-state index contributed by atoms with van der Waals surface area (Å²) in [5.41, 5.74) is 0. The Morgan fingerprint density at radius 1 is 1.50 bits per heavy atom. The Balaban J connectivity index is 2.16. The zero-order valence-electron chi connectivity index (χ0n) is 11.4. The van der Waals surface area contributed by atoms with Crippen LogP contribution in [0.2, 0.25) is 0 Å². The minimum absolute atomic E-state index is 0.0532. The first-order valence-electron chi connectivity index (χ1n) is 6.49. The number of amides is 1. The monoisotopic (exact) mass is 253 g/mol. The van der Waals surface area contributed by atoms with Gasteiger partial charge >= 0.3 is 0 Å². The minimum atomic E-state index is -0.175. The molecule has 102 valence electrons. The molecule has 0 saturated heterocycles. The summed E-state index contributed by atoms with van der Waals surface area (Å²) in [5.74, 6) is 0.848.